The zero-order valence-electron chi connectivity index (χ0n) is 6.71. The molecule has 0 saturated heterocycles. The van der Waals surface area contributed by atoms with E-state index in [1.54, 1.807) is 7.11 Å². The number of hydrogen-bond acceptors (Lipinski definition) is 2. The van der Waals surface area contributed by atoms with E-state index in [9.17, 15) is 5.11 Å². The summed E-state index contributed by atoms with van der Waals surface area (Å²) in [5.74, 6) is 0.522. The van der Waals surface area contributed by atoms with Gasteiger partial charge in [-0.15, -0.1) is 0 Å². The molecule has 1 fully saturated rings. The van der Waals surface area contributed by atoms with E-state index in [1.165, 1.54) is 6.42 Å². The molecule has 1 N–H and O–H groups in total. The van der Waals surface area contributed by atoms with Crippen molar-refractivity contribution in [1.82, 2.24) is 0 Å². The van der Waals surface area contributed by atoms with Crippen LogP contribution in [0.15, 0.2) is 0 Å². The third-order valence-electron chi connectivity index (χ3n) is 2.37. The number of methoxy groups -OCH3 is 1. The van der Waals surface area contributed by atoms with Crippen LogP contribution in [0, 0.1) is 5.92 Å². The van der Waals surface area contributed by atoms with Gasteiger partial charge in [0.15, 0.2) is 0 Å². The van der Waals surface area contributed by atoms with Crippen molar-refractivity contribution in [3.8, 4) is 0 Å². The van der Waals surface area contributed by atoms with Gasteiger partial charge in [-0.25, -0.2) is 0 Å². The van der Waals surface area contributed by atoms with Crippen LogP contribution in [0.2, 0.25) is 0 Å². The quantitative estimate of drug-likeness (QED) is 0.599. The van der Waals surface area contributed by atoms with E-state index in [0.717, 1.165) is 12.8 Å². The van der Waals surface area contributed by atoms with Gasteiger partial charge < -0.3 is 9.84 Å². The maximum absolute atomic E-state index is 9.41. The van der Waals surface area contributed by atoms with Gasteiger partial charge in [0.2, 0.25) is 0 Å². The van der Waals surface area contributed by atoms with E-state index < -0.39 is 0 Å². The Balaban J connectivity index is 2.45. The first-order valence-corrected chi connectivity index (χ1v) is 3.96. The van der Waals surface area contributed by atoms with E-state index in [4.69, 9.17) is 4.74 Å². The molecule has 3 atom stereocenters. The molecule has 2 nitrogen and oxygen atoms in total. The third kappa shape index (κ3) is 1.50. The lowest BCUT2D eigenvalue weighted by molar-refractivity contribution is -0.0643. The SMILES string of the molecule is CO[C@@H]1[C@H](O)CCC[C@@H]1C. The summed E-state index contributed by atoms with van der Waals surface area (Å²) >= 11 is 0. The van der Waals surface area contributed by atoms with Crippen LogP contribution in [0.25, 0.3) is 0 Å². The fourth-order valence-corrected chi connectivity index (χ4v) is 1.75. The molecular weight excluding hydrogens is 128 g/mol. The van der Waals surface area contributed by atoms with Gasteiger partial charge in [0, 0.05) is 7.11 Å². The summed E-state index contributed by atoms with van der Waals surface area (Å²) in [6, 6.07) is 0. The second-order valence-electron chi connectivity index (χ2n) is 3.18. The molecule has 0 amide bonds. The molecule has 0 heterocycles. The van der Waals surface area contributed by atoms with Crippen molar-refractivity contribution in [2.75, 3.05) is 7.11 Å². The van der Waals surface area contributed by atoms with Crippen LogP contribution in [-0.4, -0.2) is 24.4 Å². The summed E-state index contributed by atoms with van der Waals surface area (Å²) in [6.45, 7) is 2.14. The average Bonchev–Trinajstić information content (AvgIpc) is 1.88. The lowest BCUT2D eigenvalue weighted by Gasteiger charge is -2.31. The van der Waals surface area contributed by atoms with Crippen LogP contribution >= 0.6 is 0 Å². The van der Waals surface area contributed by atoms with Gasteiger partial charge in [0.05, 0.1) is 12.2 Å². The van der Waals surface area contributed by atoms with E-state index in [-0.39, 0.29) is 12.2 Å². The summed E-state index contributed by atoms with van der Waals surface area (Å²) in [7, 11) is 1.68. The zero-order valence-corrected chi connectivity index (χ0v) is 6.71. The largest absolute Gasteiger partial charge is 0.390 e. The maximum Gasteiger partial charge on any atom is 0.0855 e. The Morgan fingerprint density at radius 3 is 2.50 bits per heavy atom. The molecule has 1 saturated carbocycles. The van der Waals surface area contributed by atoms with Crippen molar-refractivity contribution in [1.29, 1.82) is 0 Å². The van der Waals surface area contributed by atoms with Crippen LogP contribution in [0.5, 0.6) is 0 Å². The standard InChI is InChI=1S/C8H16O2/c1-6-4-3-5-7(9)8(6)10-2/h6-9H,3-5H2,1-2H3/t6-,7+,8-/m0/s1. The van der Waals surface area contributed by atoms with Crippen LogP contribution in [0.4, 0.5) is 0 Å². The van der Waals surface area contributed by atoms with Gasteiger partial charge in [-0.1, -0.05) is 13.3 Å². The molecule has 0 aromatic rings. The Bertz CT molecular complexity index is 93.4. The Labute approximate surface area is 62.2 Å². The van der Waals surface area contributed by atoms with Gasteiger partial charge >= 0.3 is 0 Å². The van der Waals surface area contributed by atoms with Gasteiger partial charge in [-0.2, -0.15) is 0 Å². The molecule has 0 spiro atoms. The minimum Gasteiger partial charge on any atom is -0.390 e. The second kappa shape index (κ2) is 3.35. The molecule has 1 aliphatic carbocycles. The van der Waals surface area contributed by atoms with Crippen LogP contribution in [-0.2, 0) is 4.74 Å². The first kappa shape index (κ1) is 8.02. The fourth-order valence-electron chi connectivity index (χ4n) is 1.75. The Kier molecular flexibility index (Phi) is 2.69. The predicted molar refractivity (Wildman–Crippen MR) is 39.8 cm³/mol. The molecule has 0 radical (unpaired) electrons. The molecule has 0 aliphatic heterocycles. The maximum atomic E-state index is 9.41. The van der Waals surface area contributed by atoms with E-state index in [0.29, 0.717) is 5.92 Å². The molecule has 2 heteroatoms. The van der Waals surface area contributed by atoms with E-state index in [2.05, 4.69) is 6.92 Å². The van der Waals surface area contributed by atoms with Gasteiger partial charge in [0.1, 0.15) is 0 Å². The number of ether oxygens (including phenoxy) is 1. The second-order valence-corrected chi connectivity index (χ2v) is 3.18. The number of hydrogen-bond donors (Lipinski definition) is 1. The molecule has 0 aromatic heterocycles. The highest BCUT2D eigenvalue weighted by molar-refractivity contribution is 4.79. The topological polar surface area (TPSA) is 29.5 Å². The first-order chi connectivity index (χ1) is 4.75. The summed E-state index contributed by atoms with van der Waals surface area (Å²) in [5.41, 5.74) is 0. The van der Waals surface area contributed by atoms with E-state index >= 15 is 0 Å². The Morgan fingerprint density at radius 2 is 2.10 bits per heavy atom. The lowest BCUT2D eigenvalue weighted by Crippen LogP contribution is -2.37. The monoisotopic (exact) mass is 144 g/mol. The van der Waals surface area contributed by atoms with E-state index in [1.807, 2.05) is 0 Å². The predicted octanol–water partition coefficient (Wildman–Crippen LogP) is 1.18. The number of rotatable bonds is 1. The van der Waals surface area contributed by atoms with Crippen molar-refractivity contribution in [3.05, 3.63) is 0 Å². The smallest absolute Gasteiger partial charge is 0.0855 e. The lowest BCUT2D eigenvalue weighted by atomic mass is 9.86. The molecular formula is C8H16O2. The molecule has 0 unspecified atom stereocenters. The summed E-state index contributed by atoms with van der Waals surface area (Å²) in [4.78, 5) is 0. The van der Waals surface area contributed by atoms with Crippen LogP contribution in [0.3, 0.4) is 0 Å². The number of aliphatic hydroxyl groups is 1. The summed E-state index contributed by atoms with van der Waals surface area (Å²) in [6.07, 6.45) is 3.09. The Hall–Kier alpha value is -0.0800. The average molecular weight is 144 g/mol. The summed E-state index contributed by atoms with van der Waals surface area (Å²) in [5, 5.41) is 9.41. The Morgan fingerprint density at radius 1 is 1.40 bits per heavy atom. The van der Waals surface area contributed by atoms with Crippen LogP contribution < -0.4 is 0 Å². The summed E-state index contributed by atoms with van der Waals surface area (Å²) < 4.78 is 5.17. The molecule has 1 aliphatic rings. The highest BCUT2D eigenvalue weighted by Crippen LogP contribution is 2.25. The molecule has 0 aromatic carbocycles. The van der Waals surface area contributed by atoms with Gasteiger partial charge in [-0.05, 0) is 18.8 Å². The van der Waals surface area contributed by atoms with Crippen molar-refractivity contribution < 1.29 is 9.84 Å². The van der Waals surface area contributed by atoms with Crippen molar-refractivity contribution >= 4 is 0 Å². The normalized spacial score (nSPS) is 41.7. The van der Waals surface area contributed by atoms with Crippen molar-refractivity contribution in [2.45, 2.75) is 38.4 Å². The van der Waals surface area contributed by atoms with Gasteiger partial charge in [-0.3, -0.25) is 0 Å². The van der Waals surface area contributed by atoms with Crippen molar-refractivity contribution in [3.63, 3.8) is 0 Å². The zero-order chi connectivity index (χ0) is 7.56. The third-order valence-corrected chi connectivity index (χ3v) is 2.37. The van der Waals surface area contributed by atoms with Crippen molar-refractivity contribution in [2.24, 2.45) is 5.92 Å². The molecule has 60 valence electrons. The number of aliphatic hydroxyl groups excluding tert-OH is 1. The van der Waals surface area contributed by atoms with Gasteiger partial charge in [0.25, 0.3) is 0 Å². The highest BCUT2D eigenvalue weighted by atomic mass is 16.5. The molecule has 1 rings (SSSR count). The fraction of sp³-hybridized carbons (Fsp3) is 1.00. The minimum atomic E-state index is -0.228. The highest BCUT2D eigenvalue weighted by Gasteiger charge is 2.28. The van der Waals surface area contributed by atoms with Crippen LogP contribution in [0.1, 0.15) is 26.2 Å². The molecule has 10 heavy (non-hydrogen) atoms. The first-order valence-electron chi connectivity index (χ1n) is 3.96. The minimum absolute atomic E-state index is 0.0775. The molecule has 0 bridgehead atoms.